The highest BCUT2D eigenvalue weighted by Crippen LogP contribution is 2.29. The summed E-state index contributed by atoms with van der Waals surface area (Å²) in [5, 5.41) is 3.84. The minimum absolute atomic E-state index is 0.254. The summed E-state index contributed by atoms with van der Waals surface area (Å²) >= 11 is 0. The molecular weight excluding hydrogens is 321 g/mol. The zero-order chi connectivity index (χ0) is 18.0. The third-order valence-electron chi connectivity index (χ3n) is 4.09. The molecule has 0 radical (unpaired) electrons. The second kappa shape index (κ2) is 6.84. The number of rotatable bonds is 4. The fourth-order valence-corrected chi connectivity index (χ4v) is 2.89. The minimum Gasteiger partial charge on any atom is -0.361 e. The summed E-state index contributed by atoms with van der Waals surface area (Å²) < 4.78 is 18.9. The quantitative estimate of drug-likeness (QED) is 0.727. The first-order chi connectivity index (χ1) is 12.0. The van der Waals surface area contributed by atoms with Gasteiger partial charge in [0.05, 0.1) is 17.4 Å². The molecule has 0 saturated heterocycles. The molecule has 0 bridgehead atoms. The molecule has 2 aromatic heterocycles. The van der Waals surface area contributed by atoms with E-state index in [1.54, 1.807) is 45.3 Å². The number of hydrogen-bond donors (Lipinski definition) is 0. The highest BCUT2D eigenvalue weighted by molar-refractivity contribution is 5.96. The Morgan fingerprint density at radius 2 is 2.00 bits per heavy atom. The Kier molecular flexibility index (Phi) is 4.61. The average Bonchev–Trinajstić information content (AvgIpc) is 2.94. The first kappa shape index (κ1) is 16.8. The van der Waals surface area contributed by atoms with E-state index in [4.69, 9.17) is 4.52 Å². The van der Waals surface area contributed by atoms with Gasteiger partial charge in [-0.15, -0.1) is 0 Å². The van der Waals surface area contributed by atoms with E-state index in [-0.39, 0.29) is 11.7 Å². The summed E-state index contributed by atoms with van der Waals surface area (Å²) in [7, 11) is 1.67. The van der Waals surface area contributed by atoms with E-state index >= 15 is 0 Å². The van der Waals surface area contributed by atoms with Crippen LogP contribution >= 0.6 is 0 Å². The number of nitrogens with zero attached hydrogens (tertiary/aromatic N) is 3. The van der Waals surface area contributed by atoms with Crippen molar-refractivity contribution >= 4 is 5.91 Å². The van der Waals surface area contributed by atoms with Crippen molar-refractivity contribution < 1.29 is 13.7 Å². The Morgan fingerprint density at radius 1 is 1.20 bits per heavy atom. The molecule has 2 heterocycles. The van der Waals surface area contributed by atoms with Crippen LogP contribution in [-0.2, 0) is 0 Å². The number of halogens is 1. The number of carbonyl (C=O) groups is 1. The van der Waals surface area contributed by atoms with Crippen LogP contribution in [0.5, 0.6) is 0 Å². The van der Waals surface area contributed by atoms with E-state index in [0.29, 0.717) is 28.3 Å². The van der Waals surface area contributed by atoms with Gasteiger partial charge >= 0.3 is 0 Å². The van der Waals surface area contributed by atoms with Crippen molar-refractivity contribution in [2.45, 2.75) is 19.9 Å². The molecule has 6 heteroatoms. The third-order valence-corrected chi connectivity index (χ3v) is 4.09. The number of amides is 1. The minimum atomic E-state index is -0.530. The van der Waals surface area contributed by atoms with Gasteiger partial charge in [0.1, 0.15) is 17.1 Å². The van der Waals surface area contributed by atoms with Crippen LogP contribution in [0.4, 0.5) is 4.39 Å². The van der Waals surface area contributed by atoms with E-state index < -0.39 is 6.04 Å². The Bertz CT molecular complexity index is 873. The molecule has 0 saturated carbocycles. The van der Waals surface area contributed by atoms with Crippen molar-refractivity contribution in [2.24, 2.45) is 0 Å². The monoisotopic (exact) mass is 339 g/mol. The Morgan fingerprint density at radius 3 is 2.60 bits per heavy atom. The second-order valence-electron chi connectivity index (χ2n) is 5.83. The molecule has 1 amide bonds. The maximum absolute atomic E-state index is 13.8. The molecule has 128 valence electrons. The van der Waals surface area contributed by atoms with Crippen molar-refractivity contribution in [3.63, 3.8) is 0 Å². The number of aryl methyl sites for hydroxylation is 2. The Balaban J connectivity index is 2.07. The van der Waals surface area contributed by atoms with Crippen molar-refractivity contribution in [3.8, 4) is 0 Å². The number of hydrogen-bond acceptors (Lipinski definition) is 4. The molecule has 0 aliphatic heterocycles. The predicted molar refractivity (Wildman–Crippen MR) is 90.6 cm³/mol. The summed E-state index contributed by atoms with van der Waals surface area (Å²) in [5.41, 5.74) is 2.23. The van der Waals surface area contributed by atoms with Gasteiger partial charge in [0.15, 0.2) is 0 Å². The molecule has 0 fully saturated rings. The Hall–Kier alpha value is -3.02. The van der Waals surface area contributed by atoms with Gasteiger partial charge in [-0.05, 0) is 43.7 Å². The van der Waals surface area contributed by atoms with Gasteiger partial charge in [-0.25, -0.2) is 4.39 Å². The lowest BCUT2D eigenvalue weighted by Crippen LogP contribution is -2.33. The van der Waals surface area contributed by atoms with E-state index in [2.05, 4.69) is 10.1 Å². The van der Waals surface area contributed by atoms with Crippen LogP contribution in [0, 0.1) is 19.7 Å². The molecule has 0 aliphatic carbocycles. The number of carbonyl (C=O) groups excluding carboxylic acids is 1. The average molecular weight is 339 g/mol. The largest absolute Gasteiger partial charge is 0.361 e. The third kappa shape index (κ3) is 3.28. The maximum Gasteiger partial charge on any atom is 0.259 e. The highest BCUT2D eigenvalue weighted by atomic mass is 19.1. The number of aromatic nitrogens is 2. The zero-order valence-electron chi connectivity index (χ0n) is 14.2. The van der Waals surface area contributed by atoms with E-state index in [1.807, 2.05) is 12.1 Å². The van der Waals surface area contributed by atoms with Crippen LogP contribution in [0.15, 0.2) is 53.2 Å². The molecular formula is C19H18FN3O2. The van der Waals surface area contributed by atoms with Gasteiger partial charge < -0.3 is 9.42 Å². The molecule has 25 heavy (non-hydrogen) atoms. The lowest BCUT2D eigenvalue weighted by Gasteiger charge is -2.28. The molecule has 1 atom stereocenters. The summed E-state index contributed by atoms with van der Waals surface area (Å²) in [6.45, 7) is 3.41. The van der Waals surface area contributed by atoms with E-state index in [0.717, 1.165) is 0 Å². The molecule has 0 unspecified atom stereocenters. The van der Waals surface area contributed by atoms with Crippen LogP contribution in [-0.4, -0.2) is 28.0 Å². The zero-order valence-corrected chi connectivity index (χ0v) is 14.2. The molecule has 5 nitrogen and oxygen atoms in total. The normalized spacial score (nSPS) is 12.0. The predicted octanol–water partition coefficient (Wildman–Crippen LogP) is 3.69. The summed E-state index contributed by atoms with van der Waals surface area (Å²) in [6.07, 6.45) is 1.65. The fourth-order valence-electron chi connectivity index (χ4n) is 2.89. The van der Waals surface area contributed by atoms with Crippen LogP contribution < -0.4 is 0 Å². The number of pyridine rings is 1. The molecule has 1 aromatic carbocycles. The molecule has 3 rings (SSSR count). The lowest BCUT2D eigenvalue weighted by molar-refractivity contribution is 0.0750. The van der Waals surface area contributed by atoms with Gasteiger partial charge in [-0.1, -0.05) is 23.4 Å². The molecule has 0 N–H and O–H groups in total. The summed E-state index contributed by atoms with van der Waals surface area (Å²) in [5.74, 6) is -0.166. The van der Waals surface area contributed by atoms with Gasteiger partial charge in [-0.3, -0.25) is 9.78 Å². The van der Waals surface area contributed by atoms with Crippen LogP contribution in [0.2, 0.25) is 0 Å². The van der Waals surface area contributed by atoms with Crippen LogP contribution in [0.25, 0.3) is 0 Å². The van der Waals surface area contributed by atoms with Crippen molar-refractivity contribution in [2.75, 3.05) is 7.05 Å². The van der Waals surface area contributed by atoms with Crippen LogP contribution in [0.1, 0.15) is 39.1 Å². The van der Waals surface area contributed by atoms with Crippen molar-refractivity contribution in [1.82, 2.24) is 15.0 Å². The molecule has 0 aliphatic rings. The highest BCUT2D eigenvalue weighted by Gasteiger charge is 2.29. The molecule has 3 aromatic rings. The fraction of sp³-hybridized carbons (Fsp3) is 0.211. The first-order valence-electron chi connectivity index (χ1n) is 7.85. The SMILES string of the molecule is Cc1noc(C)c1C(=O)N(C)[C@H](c1cccc(F)c1)c1ccccn1. The van der Waals surface area contributed by atoms with Crippen molar-refractivity contribution in [3.05, 3.63) is 82.8 Å². The Labute approximate surface area is 145 Å². The smallest absolute Gasteiger partial charge is 0.259 e. The van der Waals surface area contributed by atoms with E-state index in [1.165, 1.54) is 17.0 Å². The summed E-state index contributed by atoms with van der Waals surface area (Å²) in [6, 6.07) is 11.1. The summed E-state index contributed by atoms with van der Waals surface area (Å²) in [4.78, 5) is 18.9. The standard InChI is InChI=1S/C19H18FN3O2/c1-12-17(13(2)25-22-12)19(24)23(3)18(16-9-4-5-10-21-16)14-7-6-8-15(20)11-14/h4-11,18H,1-3H3/t18-/m1/s1. The number of benzene rings is 1. The van der Waals surface area contributed by atoms with Gasteiger partial charge in [-0.2, -0.15) is 0 Å². The van der Waals surface area contributed by atoms with Crippen molar-refractivity contribution in [1.29, 1.82) is 0 Å². The van der Waals surface area contributed by atoms with Gasteiger partial charge in [0.25, 0.3) is 5.91 Å². The second-order valence-corrected chi connectivity index (χ2v) is 5.83. The van der Waals surface area contributed by atoms with E-state index in [9.17, 15) is 9.18 Å². The molecule has 0 spiro atoms. The topological polar surface area (TPSA) is 59.2 Å². The lowest BCUT2D eigenvalue weighted by atomic mass is 10.0. The van der Waals surface area contributed by atoms with Crippen LogP contribution in [0.3, 0.4) is 0 Å². The first-order valence-corrected chi connectivity index (χ1v) is 7.85. The van der Waals surface area contributed by atoms with Gasteiger partial charge in [0.2, 0.25) is 0 Å². The van der Waals surface area contributed by atoms with Gasteiger partial charge in [0, 0.05) is 13.2 Å². The maximum atomic E-state index is 13.8.